The molecule has 5 heteroatoms. The Balaban J connectivity index is 1.72. The van der Waals surface area contributed by atoms with E-state index in [1.54, 1.807) is 13.0 Å². The van der Waals surface area contributed by atoms with E-state index in [9.17, 15) is 4.79 Å². The Hall–Kier alpha value is -1.36. The second-order valence-corrected chi connectivity index (χ2v) is 4.55. The van der Waals surface area contributed by atoms with Crippen LogP contribution in [0.15, 0.2) is 10.6 Å². The Bertz CT molecular complexity index is 415. The molecule has 0 saturated carbocycles. The highest BCUT2D eigenvalue weighted by Crippen LogP contribution is 2.27. The van der Waals surface area contributed by atoms with Gasteiger partial charge in [-0.05, 0) is 26.3 Å². The number of aryl methyl sites for hydroxylation is 1. The van der Waals surface area contributed by atoms with Gasteiger partial charge in [0, 0.05) is 24.7 Å². The number of piperidine rings is 1. The van der Waals surface area contributed by atoms with Gasteiger partial charge in [0.25, 0.3) is 5.91 Å². The minimum atomic E-state index is 0.00167. The molecule has 2 unspecified atom stereocenters. The van der Waals surface area contributed by atoms with Gasteiger partial charge in [0.05, 0.1) is 0 Å². The minimum absolute atomic E-state index is 0.00167. The number of rotatable bonds is 1. The number of hydrogen-bond donors (Lipinski definition) is 1. The summed E-state index contributed by atoms with van der Waals surface area (Å²) in [4.78, 5) is 14.0. The van der Waals surface area contributed by atoms with Crippen molar-refractivity contribution in [3.63, 3.8) is 0 Å². The fourth-order valence-electron chi connectivity index (χ4n) is 2.55. The Kier molecular flexibility index (Phi) is 2.21. The Morgan fingerprint density at radius 2 is 2.56 bits per heavy atom. The van der Waals surface area contributed by atoms with E-state index in [2.05, 4.69) is 10.5 Å². The van der Waals surface area contributed by atoms with Crippen molar-refractivity contribution < 1.29 is 9.32 Å². The Labute approximate surface area is 93.8 Å². The van der Waals surface area contributed by atoms with Gasteiger partial charge in [-0.2, -0.15) is 0 Å². The van der Waals surface area contributed by atoms with Gasteiger partial charge in [0.1, 0.15) is 5.76 Å². The SMILES string of the molecule is Cc1cc(C(=O)N2CC3NCCCC32)no1. The lowest BCUT2D eigenvalue weighted by atomic mass is 9.88. The largest absolute Gasteiger partial charge is 0.361 e. The number of amides is 1. The van der Waals surface area contributed by atoms with E-state index in [0.29, 0.717) is 23.5 Å². The summed E-state index contributed by atoms with van der Waals surface area (Å²) in [6, 6.07) is 2.55. The van der Waals surface area contributed by atoms with Crippen LogP contribution in [-0.4, -0.2) is 41.1 Å². The summed E-state index contributed by atoms with van der Waals surface area (Å²) < 4.78 is 4.93. The first-order chi connectivity index (χ1) is 7.75. The van der Waals surface area contributed by atoms with Crippen LogP contribution in [0.3, 0.4) is 0 Å². The van der Waals surface area contributed by atoms with E-state index in [1.165, 1.54) is 0 Å². The molecular formula is C11H15N3O2. The second-order valence-electron chi connectivity index (χ2n) is 4.55. The first-order valence-electron chi connectivity index (χ1n) is 5.73. The minimum Gasteiger partial charge on any atom is -0.361 e. The maximum absolute atomic E-state index is 12.1. The average molecular weight is 221 g/mol. The van der Waals surface area contributed by atoms with Gasteiger partial charge in [-0.25, -0.2) is 0 Å². The van der Waals surface area contributed by atoms with Crippen LogP contribution in [0.25, 0.3) is 0 Å². The van der Waals surface area contributed by atoms with Crippen LogP contribution in [-0.2, 0) is 0 Å². The topological polar surface area (TPSA) is 58.4 Å². The van der Waals surface area contributed by atoms with E-state index < -0.39 is 0 Å². The summed E-state index contributed by atoms with van der Waals surface area (Å²) in [5, 5.41) is 7.19. The molecule has 0 radical (unpaired) electrons. The van der Waals surface area contributed by atoms with Crippen LogP contribution in [0.5, 0.6) is 0 Å². The van der Waals surface area contributed by atoms with Crippen LogP contribution < -0.4 is 5.32 Å². The zero-order valence-electron chi connectivity index (χ0n) is 9.27. The van der Waals surface area contributed by atoms with E-state index in [4.69, 9.17) is 4.52 Å². The van der Waals surface area contributed by atoms with Gasteiger partial charge in [-0.15, -0.1) is 0 Å². The molecule has 2 aliphatic rings. The van der Waals surface area contributed by atoms with E-state index >= 15 is 0 Å². The van der Waals surface area contributed by atoms with Gasteiger partial charge in [0.2, 0.25) is 0 Å². The van der Waals surface area contributed by atoms with E-state index in [-0.39, 0.29) is 5.91 Å². The van der Waals surface area contributed by atoms with Crippen LogP contribution in [0.4, 0.5) is 0 Å². The maximum Gasteiger partial charge on any atom is 0.276 e. The van der Waals surface area contributed by atoms with Gasteiger partial charge in [-0.3, -0.25) is 4.79 Å². The summed E-state index contributed by atoms with van der Waals surface area (Å²) in [6.07, 6.45) is 2.24. The molecule has 0 bridgehead atoms. The number of nitrogens with one attached hydrogen (secondary N) is 1. The number of hydrogen-bond acceptors (Lipinski definition) is 4. The quantitative estimate of drug-likeness (QED) is 0.752. The smallest absolute Gasteiger partial charge is 0.276 e. The molecule has 5 nitrogen and oxygen atoms in total. The van der Waals surface area contributed by atoms with Crippen molar-refractivity contribution in [2.24, 2.45) is 0 Å². The zero-order chi connectivity index (χ0) is 11.1. The molecule has 0 aliphatic carbocycles. The van der Waals surface area contributed by atoms with Crippen LogP contribution >= 0.6 is 0 Å². The second kappa shape index (κ2) is 3.59. The molecule has 2 atom stereocenters. The molecule has 16 heavy (non-hydrogen) atoms. The summed E-state index contributed by atoms with van der Waals surface area (Å²) in [5.41, 5.74) is 0.432. The maximum atomic E-state index is 12.1. The standard InChI is InChI=1S/C11H15N3O2/c1-7-5-8(13-16-7)11(15)14-6-9-10(14)3-2-4-12-9/h5,9-10,12H,2-4,6H2,1H3. The molecule has 1 N–H and O–H groups in total. The van der Waals surface area contributed by atoms with Crippen molar-refractivity contribution in [3.05, 3.63) is 17.5 Å². The van der Waals surface area contributed by atoms with Crippen LogP contribution in [0.1, 0.15) is 29.1 Å². The number of aromatic nitrogens is 1. The third-order valence-corrected chi connectivity index (χ3v) is 3.45. The number of likely N-dealkylation sites (tertiary alicyclic amines) is 1. The highest BCUT2D eigenvalue weighted by molar-refractivity contribution is 5.93. The lowest BCUT2D eigenvalue weighted by Gasteiger charge is -2.50. The molecule has 1 aromatic rings. The summed E-state index contributed by atoms with van der Waals surface area (Å²) in [6.45, 7) is 3.67. The average Bonchev–Trinajstić information content (AvgIpc) is 2.67. The summed E-state index contributed by atoms with van der Waals surface area (Å²) in [5.74, 6) is 0.684. The molecule has 3 rings (SSSR count). The summed E-state index contributed by atoms with van der Waals surface area (Å²) >= 11 is 0. The van der Waals surface area contributed by atoms with Gasteiger partial charge >= 0.3 is 0 Å². The van der Waals surface area contributed by atoms with Crippen molar-refractivity contribution in [1.29, 1.82) is 0 Å². The number of fused-ring (bicyclic) bond motifs is 1. The number of carbonyl (C=O) groups excluding carboxylic acids is 1. The predicted molar refractivity (Wildman–Crippen MR) is 57.1 cm³/mol. The molecular weight excluding hydrogens is 206 g/mol. The lowest BCUT2D eigenvalue weighted by molar-refractivity contribution is 0.0166. The van der Waals surface area contributed by atoms with Crippen molar-refractivity contribution >= 4 is 5.91 Å². The fourth-order valence-corrected chi connectivity index (χ4v) is 2.55. The third kappa shape index (κ3) is 1.43. The molecule has 3 heterocycles. The monoisotopic (exact) mass is 221 g/mol. The molecule has 1 aromatic heterocycles. The highest BCUT2D eigenvalue weighted by Gasteiger charge is 2.43. The van der Waals surface area contributed by atoms with Crippen LogP contribution in [0, 0.1) is 6.92 Å². The third-order valence-electron chi connectivity index (χ3n) is 3.45. The van der Waals surface area contributed by atoms with Gasteiger partial charge < -0.3 is 14.7 Å². The fraction of sp³-hybridized carbons (Fsp3) is 0.636. The molecule has 2 saturated heterocycles. The Morgan fingerprint density at radius 3 is 3.25 bits per heavy atom. The molecule has 86 valence electrons. The zero-order valence-corrected chi connectivity index (χ0v) is 9.27. The van der Waals surface area contributed by atoms with Crippen molar-refractivity contribution in [2.45, 2.75) is 31.8 Å². The molecule has 0 aromatic carbocycles. The van der Waals surface area contributed by atoms with Crippen LogP contribution in [0.2, 0.25) is 0 Å². The van der Waals surface area contributed by atoms with E-state index in [1.807, 2.05) is 4.90 Å². The van der Waals surface area contributed by atoms with Crippen molar-refractivity contribution in [1.82, 2.24) is 15.4 Å². The molecule has 1 amide bonds. The predicted octanol–water partition coefficient (Wildman–Crippen LogP) is 0.559. The highest BCUT2D eigenvalue weighted by atomic mass is 16.5. The number of carbonyl (C=O) groups is 1. The normalized spacial score (nSPS) is 28.4. The molecule has 2 aliphatic heterocycles. The van der Waals surface area contributed by atoms with Gasteiger partial charge in [0.15, 0.2) is 5.69 Å². The Morgan fingerprint density at radius 1 is 1.69 bits per heavy atom. The summed E-state index contributed by atoms with van der Waals surface area (Å²) in [7, 11) is 0. The van der Waals surface area contributed by atoms with Gasteiger partial charge in [-0.1, -0.05) is 5.16 Å². The number of nitrogens with zero attached hydrogens (tertiary/aromatic N) is 2. The lowest BCUT2D eigenvalue weighted by Crippen LogP contribution is -2.69. The van der Waals surface area contributed by atoms with Crippen molar-refractivity contribution in [3.8, 4) is 0 Å². The first-order valence-corrected chi connectivity index (χ1v) is 5.73. The van der Waals surface area contributed by atoms with Crippen molar-refractivity contribution in [2.75, 3.05) is 13.1 Å². The molecule has 2 fully saturated rings. The first kappa shape index (κ1) is 9.84. The van der Waals surface area contributed by atoms with E-state index in [0.717, 1.165) is 25.9 Å². The molecule has 0 spiro atoms.